The van der Waals surface area contributed by atoms with E-state index in [-0.39, 0.29) is 5.16 Å². The van der Waals surface area contributed by atoms with Crippen molar-refractivity contribution < 1.29 is 0 Å². The van der Waals surface area contributed by atoms with Crippen LogP contribution in [-0.2, 0) is 11.6 Å². The normalized spacial score (nSPS) is 11.1. The molecule has 6 aromatic rings. The minimum absolute atomic E-state index is 0.204. The maximum absolute atomic E-state index is 4.41. The van der Waals surface area contributed by atoms with Crippen LogP contribution in [-0.4, -0.2) is 25.8 Å². The molecule has 0 saturated carbocycles. The Hall–Kier alpha value is -4.67. The van der Waals surface area contributed by atoms with Crippen LogP contribution < -0.4 is 16.1 Å². The fourth-order valence-corrected chi connectivity index (χ4v) is 8.27. The van der Waals surface area contributed by atoms with E-state index in [0.717, 1.165) is 0 Å². The second-order valence-electron chi connectivity index (χ2n) is 11.2. The number of aromatic nitrogens is 2. The van der Waals surface area contributed by atoms with Crippen LogP contribution in [0.15, 0.2) is 177 Å². The van der Waals surface area contributed by atoms with Crippen molar-refractivity contribution in [2.24, 2.45) is 0 Å². The average Bonchev–Trinajstić information content (AvgIpc) is 3.65. The second-order valence-corrected chi connectivity index (χ2v) is 13.4. The fourth-order valence-electron chi connectivity index (χ4n) is 5.96. The highest BCUT2D eigenvalue weighted by Crippen LogP contribution is 2.33. The van der Waals surface area contributed by atoms with Crippen molar-refractivity contribution in [3.63, 3.8) is 0 Å². The van der Waals surface area contributed by atoms with Crippen LogP contribution in [0.4, 0.5) is 0 Å². The van der Waals surface area contributed by atoms with Gasteiger partial charge in [0.05, 0.1) is 21.0 Å². The van der Waals surface area contributed by atoms with Gasteiger partial charge in [-0.1, -0.05) is 175 Å². The molecule has 0 aliphatic rings. The molecule has 6 rings (SSSR count). The molecular weight excluding hydrogens is 547 g/mol. The minimum atomic E-state index is -0.782. The summed E-state index contributed by atoms with van der Waals surface area (Å²) in [7, 11) is -0.782. The highest BCUT2D eigenvalue weighted by atomic mass is 28.2. The molecule has 0 N–H and O–H groups in total. The molecule has 0 fully saturated rings. The van der Waals surface area contributed by atoms with Crippen molar-refractivity contribution in [2.75, 3.05) is 0 Å². The van der Waals surface area contributed by atoms with E-state index >= 15 is 0 Å². The van der Waals surface area contributed by atoms with Gasteiger partial charge in [-0.3, -0.25) is 0 Å². The Morgan fingerprint density at radius 1 is 0.705 bits per heavy atom. The Labute approximate surface area is 266 Å². The summed E-state index contributed by atoms with van der Waals surface area (Å²) in [5, 5.41) is 1.26. The molecule has 0 aliphatic heterocycles. The molecule has 1 aromatic heterocycles. The van der Waals surface area contributed by atoms with Crippen LogP contribution >= 0.6 is 0 Å². The summed E-state index contributed by atoms with van der Waals surface area (Å²) in [6.07, 6.45) is 9.64. The molecule has 5 aromatic carbocycles. The predicted octanol–water partition coefficient (Wildman–Crippen LogP) is 6.49. The van der Waals surface area contributed by atoms with Gasteiger partial charge in [0, 0.05) is 12.4 Å². The number of rotatable bonds is 11. The van der Waals surface area contributed by atoms with E-state index in [1.807, 2.05) is 30.6 Å². The third-order valence-electron chi connectivity index (χ3n) is 8.30. The Balaban J connectivity index is 0.000000215. The van der Waals surface area contributed by atoms with E-state index in [9.17, 15) is 0 Å². The molecule has 0 unspecified atom stereocenters. The first-order valence-electron chi connectivity index (χ1n) is 15.6. The molecule has 0 radical (unpaired) electrons. The maximum atomic E-state index is 4.41. The molecule has 1 heterocycles. The van der Waals surface area contributed by atoms with Crippen molar-refractivity contribution in [1.29, 1.82) is 0 Å². The first-order valence-corrected chi connectivity index (χ1v) is 17.1. The van der Waals surface area contributed by atoms with Gasteiger partial charge in [0.1, 0.15) is 0 Å². The standard InChI is InChI=1S/C26H28N2Si.C14H13B/c1-2-3-10-22-15-17-25(18-16-22)29-26(28-20-19-27-21-28,23-11-6-4-7-12-23)24-13-8-5-9-14-24;1-2-15(13-9-5-3-6-10-13)14-11-7-4-8-12-14/h4-9,11-21H,2-3,10,29H2,1H3;2-12H,1H2. The summed E-state index contributed by atoms with van der Waals surface area (Å²) in [6, 6.07) is 52.1. The second kappa shape index (κ2) is 15.7. The summed E-state index contributed by atoms with van der Waals surface area (Å²) in [4.78, 5) is 4.41. The van der Waals surface area contributed by atoms with Gasteiger partial charge in [0.2, 0.25) is 6.71 Å². The summed E-state index contributed by atoms with van der Waals surface area (Å²) in [6.45, 7) is 6.46. The van der Waals surface area contributed by atoms with Gasteiger partial charge in [-0.15, -0.1) is 12.6 Å². The zero-order valence-electron chi connectivity index (χ0n) is 25.7. The molecule has 0 aliphatic carbocycles. The Bertz CT molecular complexity index is 1580. The first kappa shape index (κ1) is 30.8. The van der Waals surface area contributed by atoms with Gasteiger partial charge in [-0.2, -0.15) is 0 Å². The van der Waals surface area contributed by atoms with Crippen LogP contribution in [0.1, 0.15) is 36.5 Å². The number of nitrogens with zero attached hydrogens (tertiary/aromatic N) is 2. The number of aryl methyl sites for hydroxylation is 1. The third-order valence-corrected chi connectivity index (χ3v) is 10.9. The molecule has 0 saturated heterocycles. The van der Waals surface area contributed by atoms with Crippen LogP contribution in [0, 0.1) is 0 Å². The summed E-state index contributed by atoms with van der Waals surface area (Å²) in [5.41, 5.74) is 6.67. The number of hydrogen-bond acceptors (Lipinski definition) is 1. The first-order chi connectivity index (χ1) is 21.7. The predicted molar refractivity (Wildman–Crippen MR) is 193 cm³/mol. The van der Waals surface area contributed by atoms with E-state index in [0.29, 0.717) is 6.71 Å². The van der Waals surface area contributed by atoms with E-state index < -0.39 is 9.52 Å². The lowest BCUT2D eigenvalue weighted by molar-refractivity contribution is 0.596. The molecule has 218 valence electrons. The molecular formula is C40H41BN2Si. The van der Waals surface area contributed by atoms with Gasteiger partial charge < -0.3 is 4.57 Å². The highest BCUT2D eigenvalue weighted by molar-refractivity contribution is 6.89. The van der Waals surface area contributed by atoms with E-state index in [2.05, 4.69) is 163 Å². The highest BCUT2D eigenvalue weighted by Gasteiger charge is 2.36. The Morgan fingerprint density at radius 3 is 1.64 bits per heavy atom. The SMILES string of the molecule is C=CB(c1ccccc1)c1ccccc1.CCCCc1ccc([SiH2]C(c2ccccc2)(c2ccccc2)n2ccnc2)cc1. The van der Waals surface area contributed by atoms with Crippen LogP contribution in [0.5, 0.6) is 0 Å². The largest absolute Gasteiger partial charge is 0.326 e. The van der Waals surface area contributed by atoms with Gasteiger partial charge in [0.15, 0.2) is 0 Å². The summed E-state index contributed by atoms with van der Waals surface area (Å²) < 4.78 is 2.31. The van der Waals surface area contributed by atoms with Gasteiger partial charge in [0.25, 0.3) is 0 Å². The van der Waals surface area contributed by atoms with Crippen molar-refractivity contribution >= 4 is 32.3 Å². The lowest BCUT2D eigenvalue weighted by atomic mass is 9.41. The van der Waals surface area contributed by atoms with Crippen molar-refractivity contribution in [2.45, 2.75) is 31.3 Å². The number of imidazole rings is 1. The van der Waals surface area contributed by atoms with Gasteiger partial charge >= 0.3 is 0 Å². The molecule has 0 spiro atoms. The molecule has 44 heavy (non-hydrogen) atoms. The van der Waals surface area contributed by atoms with E-state index in [1.165, 1.54) is 52.1 Å². The zero-order chi connectivity index (χ0) is 30.5. The molecule has 0 amide bonds. The van der Waals surface area contributed by atoms with E-state index in [4.69, 9.17) is 0 Å². The van der Waals surface area contributed by atoms with Crippen LogP contribution in [0.2, 0.25) is 0 Å². The monoisotopic (exact) mass is 588 g/mol. The molecule has 4 heteroatoms. The lowest BCUT2D eigenvalue weighted by Crippen LogP contribution is -2.46. The maximum Gasteiger partial charge on any atom is 0.233 e. The van der Waals surface area contributed by atoms with Crippen LogP contribution in [0.3, 0.4) is 0 Å². The molecule has 0 atom stereocenters. The zero-order valence-corrected chi connectivity index (χ0v) is 27.1. The quantitative estimate of drug-likeness (QED) is 0.158. The molecule has 0 bridgehead atoms. The van der Waals surface area contributed by atoms with Crippen molar-refractivity contribution in [3.05, 3.63) is 194 Å². The average molecular weight is 589 g/mol. The fraction of sp³-hybridized carbons (Fsp3) is 0.125. The summed E-state index contributed by atoms with van der Waals surface area (Å²) in [5.74, 6) is 1.99. The summed E-state index contributed by atoms with van der Waals surface area (Å²) >= 11 is 0. The topological polar surface area (TPSA) is 17.8 Å². The number of hydrogen-bond donors (Lipinski definition) is 0. The molecule has 2 nitrogen and oxygen atoms in total. The van der Waals surface area contributed by atoms with Crippen molar-refractivity contribution in [1.82, 2.24) is 9.55 Å². The van der Waals surface area contributed by atoms with Gasteiger partial charge in [-0.25, -0.2) is 4.98 Å². The minimum Gasteiger partial charge on any atom is -0.326 e. The Morgan fingerprint density at radius 2 is 1.20 bits per heavy atom. The Kier molecular flexibility index (Phi) is 11.0. The third kappa shape index (κ3) is 7.45. The van der Waals surface area contributed by atoms with Gasteiger partial charge in [-0.05, 0) is 29.5 Å². The smallest absolute Gasteiger partial charge is 0.233 e. The van der Waals surface area contributed by atoms with E-state index in [1.54, 1.807) is 0 Å². The van der Waals surface area contributed by atoms with Crippen molar-refractivity contribution in [3.8, 4) is 0 Å². The number of unbranched alkanes of at least 4 members (excludes halogenated alkanes) is 1. The van der Waals surface area contributed by atoms with Crippen LogP contribution in [0.25, 0.3) is 0 Å². The number of benzene rings is 5. The lowest BCUT2D eigenvalue weighted by Gasteiger charge is -2.37.